The molecule has 0 bridgehead atoms. The standard InChI is InChI=1S/C27H52N2O3/c1-17(2)11-22(12-18(3)4)27(32)29-24(14-20(7)8)25(30)15-23(13-19(5)6)26(31)28-16-21(9)10/h17-24H,11-16H2,1-10H3,(H,28,31)(H,29,32). The third-order valence-corrected chi connectivity index (χ3v) is 5.55. The summed E-state index contributed by atoms with van der Waals surface area (Å²) in [6.07, 6.45) is 3.09. The van der Waals surface area contributed by atoms with Gasteiger partial charge in [0.2, 0.25) is 11.8 Å². The van der Waals surface area contributed by atoms with E-state index in [1.165, 1.54) is 0 Å². The molecular weight excluding hydrogens is 400 g/mol. The minimum absolute atomic E-state index is 0.0175. The van der Waals surface area contributed by atoms with E-state index >= 15 is 0 Å². The SMILES string of the molecule is CC(C)CNC(=O)C(CC(=O)C(CC(C)C)NC(=O)C(CC(C)C)CC(C)C)CC(C)C. The van der Waals surface area contributed by atoms with Crippen LogP contribution in [0.3, 0.4) is 0 Å². The van der Waals surface area contributed by atoms with Crippen molar-refractivity contribution in [2.75, 3.05) is 6.54 Å². The molecule has 32 heavy (non-hydrogen) atoms. The molecule has 0 saturated carbocycles. The van der Waals surface area contributed by atoms with Crippen molar-refractivity contribution in [1.82, 2.24) is 10.6 Å². The largest absolute Gasteiger partial charge is 0.356 e. The van der Waals surface area contributed by atoms with Crippen LogP contribution in [-0.4, -0.2) is 30.2 Å². The second-order valence-corrected chi connectivity index (χ2v) is 11.8. The number of hydrogen-bond donors (Lipinski definition) is 2. The molecule has 0 aromatic carbocycles. The highest BCUT2D eigenvalue weighted by molar-refractivity contribution is 5.92. The molecule has 0 saturated heterocycles. The highest BCUT2D eigenvalue weighted by atomic mass is 16.2. The van der Waals surface area contributed by atoms with E-state index in [4.69, 9.17) is 0 Å². The Morgan fingerprint density at radius 2 is 1.00 bits per heavy atom. The zero-order valence-electron chi connectivity index (χ0n) is 22.6. The lowest BCUT2D eigenvalue weighted by Crippen LogP contribution is -2.46. The Bertz CT molecular complexity index is 557. The van der Waals surface area contributed by atoms with Crippen molar-refractivity contribution in [3.05, 3.63) is 0 Å². The van der Waals surface area contributed by atoms with Crippen LogP contribution in [0.15, 0.2) is 0 Å². The minimum Gasteiger partial charge on any atom is -0.356 e. The second-order valence-electron chi connectivity index (χ2n) is 11.8. The molecule has 2 atom stereocenters. The molecule has 0 aliphatic carbocycles. The topological polar surface area (TPSA) is 75.3 Å². The van der Waals surface area contributed by atoms with Gasteiger partial charge in [-0.1, -0.05) is 69.2 Å². The van der Waals surface area contributed by atoms with Gasteiger partial charge in [-0.15, -0.1) is 0 Å². The Morgan fingerprint density at radius 1 is 0.562 bits per heavy atom. The number of carbonyl (C=O) groups is 3. The summed E-state index contributed by atoms with van der Waals surface area (Å²) in [5.41, 5.74) is 0. The van der Waals surface area contributed by atoms with E-state index in [0.717, 1.165) is 12.8 Å². The Balaban J connectivity index is 5.44. The third-order valence-electron chi connectivity index (χ3n) is 5.55. The first kappa shape index (κ1) is 30.6. The van der Waals surface area contributed by atoms with Gasteiger partial charge in [0.15, 0.2) is 5.78 Å². The lowest BCUT2D eigenvalue weighted by Gasteiger charge is -2.26. The van der Waals surface area contributed by atoms with E-state index in [1.54, 1.807) is 0 Å². The summed E-state index contributed by atoms with van der Waals surface area (Å²) >= 11 is 0. The number of nitrogens with one attached hydrogen (secondary N) is 2. The van der Waals surface area contributed by atoms with Gasteiger partial charge in [0.25, 0.3) is 0 Å². The molecule has 0 spiro atoms. The van der Waals surface area contributed by atoms with E-state index in [1.807, 2.05) is 0 Å². The normalized spacial score (nSPS) is 14.0. The molecule has 2 amide bonds. The zero-order valence-corrected chi connectivity index (χ0v) is 22.6. The summed E-state index contributed by atoms with van der Waals surface area (Å²) in [7, 11) is 0. The number of amides is 2. The van der Waals surface area contributed by atoms with Gasteiger partial charge in [0.05, 0.1) is 6.04 Å². The maximum absolute atomic E-state index is 13.3. The molecule has 2 unspecified atom stereocenters. The van der Waals surface area contributed by atoms with E-state index < -0.39 is 6.04 Å². The van der Waals surface area contributed by atoms with Crippen LogP contribution in [0, 0.1) is 41.4 Å². The minimum atomic E-state index is -0.531. The molecule has 5 nitrogen and oxygen atoms in total. The molecule has 188 valence electrons. The Hall–Kier alpha value is -1.39. The smallest absolute Gasteiger partial charge is 0.223 e. The lowest BCUT2D eigenvalue weighted by molar-refractivity contribution is -0.133. The van der Waals surface area contributed by atoms with Crippen molar-refractivity contribution >= 4 is 17.6 Å². The fourth-order valence-corrected chi connectivity index (χ4v) is 4.17. The maximum Gasteiger partial charge on any atom is 0.223 e. The van der Waals surface area contributed by atoms with Gasteiger partial charge in [-0.05, 0) is 55.3 Å². The predicted molar refractivity (Wildman–Crippen MR) is 134 cm³/mol. The van der Waals surface area contributed by atoms with Gasteiger partial charge in [-0.2, -0.15) is 0 Å². The van der Waals surface area contributed by atoms with Crippen LogP contribution in [0.2, 0.25) is 0 Å². The van der Waals surface area contributed by atoms with Crippen molar-refractivity contribution in [1.29, 1.82) is 0 Å². The van der Waals surface area contributed by atoms with Crippen molar-refractivity contribution in [2.45, 2.75) is 107 Å². The average Bonchev–Trinajstić information content (AvgIpc) is 2.62. The monoisotopic (exact) mass is 452 g/mol. The van der Waals surface area contributed by atoms with Crippen molar-refractivity contribution in [3.63, 3.8) is 0 Å². The van der Waals surface area contributed by atoms with Gasteiger partial charge in [0.1, 0.15) is 0 Å². The summed E-state index contributed by atoms with van der Waals surface area (Å²) in [4.78, 5) is 39.2. The van der Waals surface area contributed by atoms with Crippen LogP contribution in [0.5, 0.6) is 0 Å². The Morgan fingerprint density at radius 3 is 1.41 bits per heavy atom. The summed E-state index contributed by atoms with van der Waals surface area (Å²) in [6.45, 7) is 21.5. The number of ketones is 1. The van der Waals surface area contributed by atoms with Gasteiger partial charge in [-0.3, -0.25) is 14.4 Å². The highest BCUT2D eigenvalue weighted by Gasteiger charge is 2.30. The van der Waals surface area contributed by atoms with Crippen LogP contribution < -0.4 is 10.6 Å². The molecule has 0 aromatic heterocycles. The third kappa shape index (κ3) is 13.9. The van der Waals surface area contributed by atoms with Crippen molar-refractivity contribution in [3.8, 4) is 0 Å². The average molecular weight is 453 g/mol. The molecule has 0 fully saturated rings. The summed E-state index contributed by atoms with van der Waals surface area (Å²) in [5.74, 6) is 1.27. The van der Waals surface area contributed by atoms with E-state index in [9.17, 15) is 14.4 Å². The fourth-order valence-electron chi connectivity index (χ4n) is 4.17. The van der Waals surface area contributed by atoms with Gasteiger partial charge < -0.3 is 10.6 Å². The first-order chi connectivity index (χ1) is 14.7. The summed E-state index contributed by atoms with van der Waals surface area (Å²) in [5, 5.41) is 6.08. The van der Waals surface area contributed by atoms with E-state index in [-0.39, 0.29) is 41.8 Å². The van der Waals surface area contributed by atoms with Crippen LogP contribution in [0.25, 0.3) is 0 Å². The fraction of sp³-hybridized carbons (Fsp3) is 0.889. The number of carbonyl (C=O) groups excluding carboxylic acids is 3. The summed E-state index contributed by atoms with van der Waals surface area (Å²) < 4.78 is 0. The first-order valence-corrected chi connectivity index (χ1v) is 12.8. The molecular formula is C27H52N2O3. The maximum atomic E-state index is 13.3. The lowest BCUT2D eigenvalue weighted by atomic mass is 9.86. The summed E-state index contributed by atoms with van der Waals surface area (Å²) in [6, 6.07) is -0.531. The quantitative estimate of drug-likeness (QED) is 0.319. The van der Waals surface area contributed by atoms with Crippen LogP contribution in [0.1, 0.15) is 101 Å². The Labute approximate surface area is 198 Å². The highest BCUT2D eigenvalue weighted by Crippen LogP contribution is 2.23. The molecule has 0 aliphatic heterocycles. The van der Waals surface area contributed by atoms with E-state index in [2.05, 4.69) is 79.9 Å². The van der Waals surface area contributed by atoms with Crippen LogP contribution in [0.4, 0.5) is 0 Å². The molecule has 0 aliphatic rings. The van der Waals surface area contributed by atoms with Crippen LogP contribution >= 0.6 is 0 Å². The van der Waals surface area contributed by atoms with Gasteiger partial charge >= 0.3 is 0 Å². The number of rotatable bonds is 16. The molecule has 2 N–H and O–H groups in total. The first-order valence-electron chi connectivity index (χ1n) is 12.8. The Kier molecular flexibility index (Phi) is 14.8. The molecule has 0 rings (SSSR count). The molecule has 0 aromatic rings. The molecule has 0 heterocycles. The number of hydrogen-bond acceptors (Lipinski definition) is 3. The molecule has 5 heteroatoms. The van der Waals surface area contributed by atoms with E-state index in [0.29, 0.717) is 43.1 Å². The second kappa shape index (κ2) is 15.4. The predicted octanol–water partition coefficient (Wildman–Crippen LogP) is 5.62. The van der Waals surface area contributed by atoms with Gasteiger partial charge in [-0.25, -0.2) is 0 Å². The van der Waals surface area contributed by atoms with Crippen molar-refractivity contribution in [2.24, 2.45) is 41.4 Å². The van der Waals surface area contributed by atoms with Crippen molar-refractivity contribution < 1.29 is 14.4 Å². The van der Waals surface area contributed by atoms with Gasteiger partial charge in [0, 0.05) is 24.8 Å². The molecule has 0 radical (unpaired) electrons. The zero-order chi connectivity index (χ0) is 25.0. The number of Topliss-reactive ketones (excluding diaryl/α,β-unsaturated/α-hetero) is 1. The van der Waals surface area contributed by atoms with Crippen LogP contribution in [-0.2, 0) is 14.4 Å².